The normalized spacial score (nSPS) is 22.0. The van der Waals surface area contributed by atoms with Crippen molar-refractivity contribution < 1.29 is 23.2 Å². The lowest BCUT2D eigenvalue weighted by Crippen LogP contribution is -2.60. The van der Waals surface area contributed by atoms with Gasteiger partial charge in [0.2, 0.25) is 0 Å². The fraction of sp³-hybridized carbons (Fsp3) is 1.00. The third-order valence-electron chi connectivity index (χ3n) is 2.21. The summed E-state index contributed by atoms with van der Waals surface area (Å²) in [5, 5.41) is 18.4. The van der Waals surface area contributed by atoms with Gasteiger partial charge in [-0.3, -0.25) is 4.55 Å². The first-order valence-corrected chi connectivity index (χ1v) is 5.17. The van der Waals surface area contributed by atoms with E-state index >= 15 is 0 Å². The fourth-order valence-electron chi connectivity index (χ4n) is 1.23. The number of aliphatic hydroxyl groups excluding tert-OH is 2. The molecule has 0 aromatic carbocycles. The van der Waals surface area contributed by atoms with Gasteiger partial charge in [-0.05, 0) is 13.8 Å². The van der Waals surface area contributed by atoms with Gasteiger partial charge in [-0.15, -0.1) is 0 Å². The van der Waals surface area contributed by atoms with E-state index in [-0.39, 0.29) is 0 Å². The lowest BCUT2D eigenvalue weighted by Gasteiger charge is -2.34. The van der Waals surface area contributed by atoms with Crippen LogP contribution in [0.1, 0.15) is 13.8 Å². The van der Waals surface area contributed by atoms with E-state index in [0.717, 1.165) is 13.8 Å². The van der Waals surface area contributed by atoms with Gasteiger partial charge >= 0.3 is 0 Å². The first-order chi connectivity index (χ1) is 5.70. The van der Waals surface area contributed by atoms with Crippen molar-refractivity contribution in [3.05, 3.63) is 0 Å². The van der Waals surface area contributed by atoms with Crippen molar-refractivity contribution in [3.8, 4) is 0 Å². The Morgan fingerprint density at radius 3 is 1.62 bits per heavy atom. The van der Waals surface area contributed by atoms with E-state index in [4.69, 9.17) is 10.3 Å². The van der Waals surface area contributed by atoms with Gasteiger partial charge in [0.1, 0.15) is 0 Å². The molecule has 0 amide bonds. The van der Waals surface area contributed by atoms with Crippen molar-refractivity contribution >= 4 is 10.1 Å². The predicted molar refractivity (Wildman–Crippen MR) is 46.7 cm³/mol. The first-order valence-electron chi connectivity index (χ1n) is 3.73. The minimum absolute atomic E-state index is 0.554. The Morgan fingerprint density at radius 1 is 1.31 bits per heavy atom. The van der Waals surface area contributed by atoms with Gasteiger partial charge in [0, 0.05) is 6.54 Å². The molecule has 0 spiro atoms. The third-order valence-corrected chi connectivity index (χ3v) is 4.02. The molecule has 0 aromatic rings. The zero-order chi connectivity index (χ0) is 10.9. The monoisotopic (exact) mass is 213 g/mol. The highest BCUT2D eigenvalue weighted by Crippen LogP contribution is 2.24. The van der Waals surface area contributed by atoms with E-state index in [9.17, 15) is 18.6 Å². The standard InChI is InChI=1S/C6H15NO5S/c1-4(8)6(3-7,5(2)9)13(10,11)12/h4-5,8-9H,3,7H2,1-2H3,(H,10,11,12). The highest BCUT2D eigenvalue weighted by molar-refractivity contribution is 7.87. The number of hydrogen-bond donors (Lipinski definition) is 4. The maximum Gasteiger partial charge on any atom is 0.277 e. The van der Waals surface area contributed by atoms with Crippen LogP contribution < -0.4 is 5.73 Å². The van der Waals surface area contributed by atoms with Crippen molar-refractivity contribution in [3.63, 3.8) is 0 Å². The molecule has 0 rings (SSSR count). The molecule has 2 unspecified atom stereocenters. The molecule has 0 aromatic heterocycles. The van der Waals surface area contributed by atoms with Crippen molar-refractivity contribution in [2.75, 3.05) is 6.54 Å². The summed E-state index contributed by atoms with van der Waals surface area (Å²) in [5.74, 6) is 0. The molecule has 0 aliphatic carbocycles. The van der Waals surface area contributed by atoms with E-state index in [2.05, 4.69) is 0 Å². The summed E-state index contributed by atoms with van der Waals surface area (Å²) in [6, 6.07) is 0. The van der Waals surface area contributed by atoms with Gasteiger partial charge < -0.3 is 15.9 Å². The van der Waals surface area contributed by atoms with Gasteiger partial charge in [-0.2, -0.15) is 8.42 Å². The van der Waals surface area contributed by atoms with Crippen LogP contribution in [0.2, 0.25) is 0 Å². The molecule has 0 aliphatic rings. The summed E-state index contributed by atoms with van der Waals surface area (Å²) in [7, 11) is -4.60. The Balaban J connectivity index is 5.39. The Labute approximate surface area is 77.1 Å². The van der Waals surface area contributed by atoms with Gasteiger partial charge in [-0.1, -0.05) is 0 Å². The van der Waals surface area contributed by atoms with Crippen molar-refractivity contribution in [1.29, 1.82) is 0 Å². The molecule has 2 atom stereocenters. The van der Waals surface area contributed by atoms with Crippen LogP contribution >= 0.6 is 0 Å². The zero-order valence-corrected chi connectivity index (χ0v) is 8.32. The summed E-state index contributed by atoms with van der Waals surface area (Å²) >= 11 is 0. The largest absolute Gasteiger partial charge is 0.392 e. The highest BCUT2D eigenvalue weighted by atomic mass is 32.2. The Bertz CT molecular complexity index is 250. The maximum absolute atomic E-state index is 10.9. The minimum Gasteiger partial charge on any atom is -0.392 e. The quantitative estimate of drug-likeness (QED) is 0.414. The molecular formula is C6H15NO5S. The zero-order valence-electron chi connectivity index (χ0n) is 7.51. The average Bonchev–Trinajstić information content (AvgIpc) is 1.83. The van der Waals surface area contributed by atoms with Gasteiger partial charge in [-0.25, -0.2) is 0 Å². The molecule has 7 heteroatoms. The SMILES string of the molecule is CC(O)C(CN)(C(C)O)S(=O)(=O)O. The summed E-state index contributed by atoms with van der Waals surface area (Å²) < 4.78 is 28.6. The molecule has 0 radical (unpaired) electrons. The molecule has 0 heterocycles. The van der Waals surface area contributed by atoms with Crippen LogP contribution in [0, 0.1) is 0 Å². The van der Waals surface area contributed by atoms with Crippen molar-refractivity contribution in [2.24, 2.45) is 5.73 Å². The van der Waals surface area contributed by atoms with Crippen molar-refractivity contribution in [1.82, 2.24) is 0 Å². The molecule has 0 aliphatic heterocycles. The van der Waals surface area contributed by atoms with E-state index in [1.807, 2.05) is 0 Å². The second-order valence-electron chi connectivity index (χ2n) is 2.99. The summed E-state index contributed by atoms with van der Waals surface area (Å²) in [6.45, 7) is 1.74. The first kappa shape index (κ1) is 12.8. The van der Waals surface area contributed by atoms with Crippen LogP contribution in [0.4, 0.5) is 0 Å². The second-order valence-corrected chi connectivity index (χ2v) is 4.70. The van der Waals surface area contributed by atoms with Gasteiger partial charge in [0.15, 0.2) is 4.75 Å². The molecule has 5 N–H and O–H groups in total. The van der Waals surface area contributed by atoms with Crippen LogP contribution in [0.15, 0.2) is 0 Å². The van der Waals surface area contributed by atoms with E-state index in [1.165, 1.54) is 0 Å². The maximum atomic E-state index is 10.9. The van der Waals surface area contributed by atoms with Crippen LogP contribution in [-0.2, 0) is 10.1 Å². The number of aliphatic hydroxyl groups is 2. The molecule has 80 valence electrons. The molecule has 13 heavy (non-hydrogen) atoms. The number of rotatable bonds is 4. The van der Waals surface area contributed by atoms with Crippen LogP contribution in [-0.4, -0.2) is 46.7 Å². The summed E-state index contributed by atoms with van der Waals surface area (Å²) in [4.78, 5) is 0. The Morgan fingerprint density at radius 2 is 1.62 bits per heavy atom. The molecule has 0 saturated carbocycles. The fourth-order valence-corrected chi connectivity index (χ4v) is 2.30. The minimum atomic E-state index is -4.60. The summed E-state index contributed by atoms with van der Waals surface area (Å²) in [6.07, 6.45) is -2.90. The lowest BCUT2D eigenvalue weighted by atomic mass is 9.97. The molecule has 0 bridgehead atoms. The van der Waals surface area contributed by atoms with Crippen LogP contribution in [0.25, 0.3) is 0 Å². The topological polar surface area (TPSA) is 121 Å². The Kier molecular flexibility index (Phi) is 3.82. The second kappa shape index (κ2) is 3.89. The third kappa shape index (κ3) is 2.00. The predicted octanol–water partition coefficient (Wildman–Crippen LogP) is -1.67. The molecular weight excluding hydrogens is 198 g/mol. The van der Waals surface area contributed by atoms with Crippen LogP contribution in [0.3, 0.4) is 0 Å². The van der Waals surface area contributed by atoms with E-state index in [1.54, 1.807) is 0 Å². The number of nitrogens with two attached hydrogens (primary N) is 1. The smallest absolute Gasteiger partial charge is 0.277 e. The van der Waals surface area contributed by atoms with Crippen LogP contribution in [0.5, 0.6) is 0 Å². The van der Waals surface area contributed by atoms with Gasteiger partial charge in [0.25, 0.3) is 10.1 Å². The van der Waals surface area contributed by atoms with E-state index in [0.29, 0.717) is 0 Å². The Hall–Kier alpha value is -0.210. The molecule has 6 nitrogen and oxygen atoms in total. The lowest BCUT2D eigenvalue weighted by molar-refractivity contribution is 0.0494. The highest BCUT2D eigenvalue weighted by Gasteiger charge is 2.50. The number of hydrogen-bond acceptors (Lipinski definition) is 5. The summed E-state index contributed by atoms with van der Waals surface area (Å²) in [5.41, 5.74) is 5.14. The van der Waals surface area contributed by atoms with E-state index < -0.39 is 33.6 Å². The molecule has 0 saturated heterocycles. The molecule has 0 fully saturated rings. The van der Waals surface area contributed by atoms with Gasteiger partial charge in [0.05, 0.1) is 12.2 Å². The average molecular weight is 213 g/mol. The van der Waals surface area contributed by atoms with Crippen molar-refractivity contribution in [2.45, 2.75) is 30.8 Å².